The average molecular weight is 382 g/mol. The SMILES string of the molecule is O=c1nc(Nc2ccc(C(F)(F)F)cc2)cc(-c2ccc3cccnc3c2)[nH]1. The van der Waals surface area contributed by atoms with Crippen LogP contribution < -0.4 is 11.0 Å². The zero-order chi connectivity index (χ0) is 19.7. The summed E-state index contributed by atoms with van der Waals surface area (Å²) in [5.74, 6) is 0.222. The van der Waals surface area contributed by atoms with Crippen LogP contribution in [0.5, 0.6) is 0 Å². The Labute approximate surface area is 156 Å². The van der Waals surface area contributed by atoms with Crippen molar-refractivity contribution in [1.29, 1.82) is 0 Å². The summed E-state index contributed by atoms with van der Waals surface area (Å²) >= 11 is 0. The monoisotopic (exact) mass is 382 g/mol. The molecule has 0 bridgehead atoms. The number of aromatic nitrogens is 3. The fourth-order valence-corrected chi connectivity index (χ4v) is 2.80. The number of pyridine rings is 1. The number of rotatable bonds is 3. The highest BCUT2D eigenvalue weighted by Gasteiger charge is 2.29. The van der Waals surface area contributed by atoms with Crippen LogP contribution in [0, 0.1) is 0 Å². The van der Waals surface area contributed by atoms with Crippen molar-refractivity contribution >= 4 is 22.4 Å². The Bertz CT molecular complexity index is 1200. The molecule has 8 heteroatoms. The standard InChI is InChI=1S/C20H13F3N4O/c21-20(22,23)14-5-7-15(8-6-14)25-18-11-17(26-19(28)27-18)13-4-3-12-2-1-9-24-16(12)10-13/h1-11H,(H2,25,26,27,28). The number of nitrogens with zero attached hydrogens (tertiary/aromatic N) is 2. The number of hydrogen-bond donors (Lipinski definition) is 2. The maximum atomic E-state index is 12.7. The first kappa shape index (κ1) is 17.7. The molecule has 4 rings (SSSR count). The topological polar surface area (TPSA) is 70.7 Å². The van der Waals surface area contributed by atoms with Gasteiger partial charge in [0.2, 0.25) is 0 Å². The predicted molar refractivity (Wildman–Crippen MR) is 100 cm³/mol. The van der Waals surface area contributed by atoms with Crippen molar-refractivity contribution in [3.63, 3.8) is 0 Å². The lowest BCUT2D eigenvalue weighted by molar-refractivity contribution is -0.137. The minimum atomic E-state index is -4.40. The molecule has 0 spiro atoms. The molecular formula is C20H13F3N4O. The molecule has 0 fully saturated rings. The second-order valence-corrected chi connectivity index (χ2v) is 6.10. The lowest BCUT2D eigenvalue weighted by Gasteiger charge is -2.10. The summed E-state index contributed by atoms with van der Waals surface area (Å²) in [7, 11) is 0. The highest BCUT2D eigenvalue weighted by atomic mass is 19.4. The van der Waals surface area contributed by atoms with Gasteiger partial charge in [-0.1, -0.05) is 18.2 Å². The largest absolute Gasteiger partial charge is 0.416 e. The third-order valence-electron chi connectivity index (χ3n) is 4.15. The molecule has 4 aromatic rings. The van der Waals surface area contributed by atoms with Crippen LogP contribution in [-0.2, 0) is 6.18 Å². The molecule has 0 amide bonds. The molecule has 2 aromatic heterocycles. The van der Waals surface area contributed by atoms with Crippen LogP contribution in [0.25, 0.3) is 22.2 Å². The van der Waals surface area contributed by atoms with Crippen molar-refractivity contribution in [2.45, 2.75) is 6.18 Å². The first-order valence-corrected chi connectivity index (χ1v) is 8.29. The van der Waals surface area contributed by atoms with Gasteiger partial charge in [-0.15, -0.1) is 0 Å². The Morgan fingerprint density at radius 2 is 1.75 bits per heavy atom. The van der Waals surface area contributed by atoms with Crippen molar-refractivity contribution in [3.05, 3.63) is 82.9 Å². The van der Waals surface area contributed by atoms with E-state index in [0.29, 0.717) is 11.4 Å². The van der Waals surface area contributed by atoms with Gasteiger partial charge in [0.25, 0.3) is 0 Å². The summed E-state index contributed by atoms with van der Waals surface area (Å²) in [6.07, 6.45) is -2.73. The van der Waals surface area contributed by atoms with E-state index in [2.05, 4.69) is 20.3 Å². The van der Waals surface area contributed by atoms with Crippen molar-refractivity contribution in [1.82, 2.24) is 15.0 Å². The Balaban J connectivity index is 1.66. The fraction of sp³-hybridized carbons (Fsp3) is 0.0500. The second-order valence-electron chi connectivity index (χ2n) is 6.10. The lowest BCUT2D eigenvalue weighted by atomic mass is 10.1. The van der Waals surface area contributed by atoms with Crippen molar-refractivity contribution in [2.24, 2.45) is 0 Å². The van der Waals surface area contributed by atoms with E-state index in [-0.39, 0.29) is 5.82 Å². The summed E-state index contributed by atoms with van der Waals surface area (Å²) in [5.41, 5.74) is 1.09. The molecule has 2 N–H and O–H groups in total. The second kappa shape index (κ2) is 6.80. The van der Waals surface area contributed by atoms with Crippen LogP contribution in [0.2, 0.25) is 0 Å². The molecule has 0 radical (unpaired) electrons. The number of alkyl halides is 3. The van der Waals surface area contributed by atoms with E-state index in [4.69, 9.17) is 0 Å². The molecule has 0 atom stereocenters. The number of H-pyrrole nitrogens is 1. The van der Waals surface area contributed by atoms with Crippen LogP contribution in [-0.4, -0.2) is 15.0 Å². The summed E-state index contributed by atoms with van der Waals surface area (Å²) in [6.45, 7) is 0. The normalized spacial score (nSPS) is 11.5. The minimum Gasteiger partial charge on any atom is -0.340 e. The summed E-state index contributed by atoms with van der Waals surface area (Å²) < 4.78 is 38.0. The van der Waals surface area contributed by atoms with Gasteiger partial charge in [-0.3, -0.25) is 4.98 Å². The summed E-state index contributed by atoms with van der Waals surface area (Å²) in [6, 6.07) is 15.4. The first-order chi connectivity index (χ1) is 13.4. The third kappa shape index (κ3) is 3.71. The molecule has 2 heterocycles. The maximum Gasteiger partial charge on any atom is 0.416 e. The number of benzene rings is 2. The number of nitrogens with one attached hydrogen (secondary N) is 2. The van der Waals surface area contributed by atoms with Crippen LogP contribution in [0.1, 0.15) is 5.56 Å². The molecule has 2 aromatic carbocycles. The smallest absolute Gasteiger partial charge is 0.340 e. The van der Waals surface area contributed by atoms with E-state index < -0.39 is 17.4 Å². The van der Waals surface area contributed by atoms with Crippen molar-refractivity contribution in [3.8, 4) is 11.3 Å². The van der Waals surface area contributed by atoms with Gasteiger partial charge in [0.05, 0.1) is 16.8 Å². The Morgan fingerprint density at radius 1 is 0.964 bits per heavy atom. The van der Waals surface area contributed by atoms with E-state index in [0.717, 1.165) is 28.6 Å². The van der Waals surface area contributed by atoms with E-state index in [1.54, 1.807) is 12.3 Å². The zero-order valence-electron chi connectivity index (χ0n) is 14.3. The minimum absolute atomic E-state index is 0.222. The molecule has 0 saturated heterocycles. The molecule has 0 saturated carbocycles. The van der Waals surface area contributed by atoms with Gasteiger partial charge >= 0.3 is 11.9 Å². The van der Waals surface area contributed by atoms with Gasteiger partial charge in [0, 0.05) is 28.9 Å². The molecule has 5 nitrogen and oxygen atoms in total. The summed E-state index contributed by atoms with van der Waals surface area (Å²) in [5, 5.41) is 3.82. The summed E-state index contributed by atoms with van der Waals surface area (Å²) in [4.78, 5) is 22.7. The molecule has 0 aliphatic heterocycles. The van der Waals surface area contributed by atoms with Gasteiger partial charge in [-0.05, 0) is 36.4 Å². The zero-order valence-corrected chi connectivity index (χ0v) is 14.3. The van der Waals surface area contributed by atoms with Crippen LogP contribution >= 0.6 is 0 Å². The molecule has 0 aliphatic carbocycles. The van der Waals surface area contributed by atoms with E-state index in [9.17, 15) is 18.0 Å². The molecule has 0 unspecified atom stereocenters. The van der Waals surface area contributed by atoms with E-state index in [1.807, 2.05) is 30.3 Å². The third-order valence-corrected chi connectivity index (χ3v) is 4.15. The van der Waals surface area contributed by atoms with Crippen molar-refractivity contribution in [2.75, 3.05) is 5.32 Å². The van der Waals surface area contributed by atoms with Gasteiger partial charge in [-0.2, -0.15) is 18.2 Å². The Kier molecular flexibility index (Phi) is 4.31. The first-order valence-electron chi connectivity index (χ1n) is 8.29. The Morgan fingerprint density at radius 3 is 2.50 bits per heavy atom. The molecule has 28 heavy (non-hydrogen) atoms. The highest BCUT2D eigenvalue weighted by Crippen LogP contribution is 2.30. The number of aromatic amines is 1. The van der Waals surface area contributed by atoms with Crippen LogP contribution in [0.4, 0.5) is 24.7 Å². The van der Waals surface area contributed by atoms with E-state index in [1.165, 1.54) is 12.1 Å². The predicted octanol–water partition coefficient (Wildman–Crippen LogP) is 4.75. The lowest BCUT2D eigenvalue weighted by Crippen LogP contribution is -2.13. The molecular weight excluding hydrogens is 369 g/mol. The Hall–Kier alpha value is -3.68. The van der Waals surface area contributed by atoms with Gasteiger partial charge in [0.15, 0.2) is 0 Å². The average Bonchev–Trinajstić information content (AvgIpc) is 2.67. The maximum absolute atomic E-state index is 12.7. The van der Waals surface area contributed by atoms with Crippen LogP contribution in [0.3, 0.4) is 0 Å². The number of halogens is 3. The number of anilines is 2. The van der Waals surface area contributed by atoms with Crippen LogP contribution in [0.15, 0.2) is 71.7 Å². The highest BCUT2D eigenvalue weighted by molar-refractivity contribution is 5.83. The number of fused-ring (bicyclic) bond motifs is 1. The molecule has 140 valence electrons. The number of hydrogen-bond acceptors (Lipinski definition) is 4. The molecule has 0 aliphatic rings. The van der Waals surface area contributed by atoms with Gasteiger partial charge < -0.3 is 10.3 Å². The van der Waals surface area contributed by atoms with Gasteiger partial charge in [0.1, 0.15) is 5.82 Å². The fourth-order valence-electron chi connectivity index (χ4n) is 2.80. The van der Waals surface area contributed by atoms with E-state index >= 15 is 0 Å². The quantitative estimate of drug-likeness (QED) is 0.537. The van der Waals surface area contributed by atoms with Crippen molar-refractivity contribution < 1.29 is 13.2 Å². The van der Waals surface area contributed by atoms with Gasteiger partial charge in [-0.25, -0.2) is 4.79 Å².